The van der Waals surface area contributed by atoms with Crippen molar-refractivity contribution in [2.24, 2.45) is 0 Å². The van der Waals surface area contributed by atoms with E-state index in [2.05, 4.69) is 18.3 Å². The lowest BCUT2D eigenvalue weighted by Crippen LogP contribution is -2.15. The zero-order chi connectivity index (χ0) is 11.1. The number of nitrogens with one attached hydrogen (secondary N) is 1. The molecule has 3 rings (SSSR count). The van der Waals surface area contributed by atoms with Crippen LogP contribution in [0, 0.1) is 6.92 Å². The van der Waals surface area contributed by atoms with Crippen molar-refractivity contribution in [2.45, 2.75) is 32.4 Å². The molecule has 1 aromatic carbocycles. The average Bonchev–Trinajstić information content (AvgIpc) is 3.04. The van der Waals surface area contributed by atoms with Gasteiger partial charge >= 0.3 is 0 Å². The van der Waals surface area contributed by atoms with Crippen LogP contribution in [0.1, 0.15) is 24.2 Å². The van der Waals surface area contributed by atoms with Crippen LogP contribution in [-0.2, 0) is 6.54 Å². The molecular formula is C13H14ClNO. The van der Waals surface area contributed by atoms with Gasteiger partial charge in [-0.3, -0.25) is 0 Å². The number of para-hydroxylation sites is 1. The first kappa shape index (κ1) is 10.2. The third kappa shape index (κ3) is 1.72. The highest BCUT2D eigenvalue weighted by molar-refractivity contribution is 6.34. The van der Waals surface area contributed by atoms with Gasteiger partial charge in [-0.25, -0.2) is 0 Å². The fraction of sp³-hybridized carbons (Fsp3) is 0.385. The molecule has 0 aliphatic heterocycles. The zero-order valence-electron chi connectivity index (χ0n) is 9.22. The van der Waals surface area contributed by atoms with E-state index in [1.54, 1.807) is 0 Å². The molecule has 84 valence electrons. The van der Waals surface area contributed by atoms with Crippen molar-refractivity contribution in [1.29, 1.82) is 0 Å². The molecule has 0 atom stereocenters. The monoisotopic (exact) mass is 235 g/mol. The van der Waals surface area contributed by atoms with Crippen LogP contribution in [-0.4, -0.2) is 6.04 Å². The quantitative estimate of drug-likeness (QED) is 0.879. The predicted octanol–water partition coefficient (Wildman–Crippen LogP) is 3.65. The molecule has 1 saturated carbocycles. The van der Waals surface area contributed by atoms with Crippen molar-refractivity contribution < 1.29 is 4.42 Å². The summed E-state index contributed by atoms with van der Waals surface area (Å²) in [6.45, 7) is 2.90. The Labute approximate surface area is 99.6 Å². The summed E-state index contributed by atoms with van der Waals surface area (Å²) in [4.78, 5) is 0. The number of halogens is 1. The van der Waals surface area contributed by atoms with Crippen LogP contribution in [0.3, 0.4) is 0 Å². The number of rotatable bonds is 3. The third-order valence-electron chi connectivity index (χ3n) is 3.14. The first-order valence-corrected chi connectivity index (χ1v) is 6.03. The summed E-state index contributed by atoms with van der Waals surface area (Å²) in [6, 6.07) is 6.58. The van der Waals surface area contributed by atoms with Gasteiger partial charge in [0.2, 0.25) is 0 Å². The van der Waals surface area contributed by atoms with E-state index in [9.17, 15) is 0 Å². The van der Waals surface area contributed by atoms with Crippen LogP contribution in [0.25, 0.3) is 11.0 Å². The Balaban J connectivity index is 1.97. The van der Waals surface area contributed by atoms with Crippen molar-refractivity contribution in [3.63, 3.8) is 0 Å². The number of furan rings is 1. The highest BCUT2D eigenvalue weighted by Crippen LogP contribution is 2.31. The Hall–Kier alpha value is -0.990. The molecule has 1 aromatic heterocycles. The molecule has 16 heavy (non-hydrogen) atoms. The van der Waals surface area contributed by atoms with E-state index >= 15 is 0 Å². The number of aryl methyl sites for hydroxylation is 1. The highest BCUT2D eigenvalue weighted by Gasteiger charge is 2.21. The number of hydrogen-bond acceptors (Lipinski definition) is 2. The van der Waals surface area contributed by atoms with Crippen LogP contribution in [0.4, 0.5) is 0 Å². The number of hydrogen-bond donors (Lipinski definition) is 1. The van der Waals surface area contributed by atoms with Crippen LogP contribution in [0.2, 0.25) is 5.02 Å². The molecule has 1 aliphatic carbocycles. The van der Waals surface area contributed by atoms with Crippen molar-refractivity contribution >= 4 is 22.6 Å². The molecule has 0 unspecified atom stereocenters. The largest absolute Gasteiger partial charge is 0.458 e. The summed E-state index contributed by atoms with van der Waals surface area (Å²) in [7, 11) is 0. The Kier molecular flexibility index (Phi) is 2.41. The maximum atomic E-state index is 6.10. The first-order chi connectivity index (χ1) is 7.75. The van der Waals surface area contributed by atoms with E-state index in [4.69, 9.17) is 16.0 Å². The van der Waals surface area contributed by atoms with Gasteiger partial charge in [0, 0.05) is 11.4 Å². The van der Waals surface area contributed by atoms with Crippen LogP contribution in [0.15, 0.2) is 22.6 Å². The standard InChI is InChI=1S/C13H14ClNO/c1-8-10-3-2-4-11(14)13(10)16-12(8)7-15-9-5-6-9/h2-4,9,15H,5-7H2,1H3. The molecule has 0 spiro atoms. The summed E-state index contributed by atoms with van der Waals surface area (Å²) in [5, 5.41) is 5.28. The lowest BCUT2D eigenvalue weighted by Gasteiger charge is -1.99. The van der Waals surface area contributed by atoms with E-state index < -0.39 is 0 Å². The minimum Gasteiger partial charge on any atom is -0.458 e. The minimum atomic E-state index is 0.693. The van der Waals surface area contributed by atoms with Gasteiger partial charge < -0.3 is 9.73 Å². The molecule has 2 nitrogen and oxygen atoms in total. The topological polar surface area (TPSA) is 25.2 Å². The van der Waals surface area contributed by atoms with E-state index in [-0.39, 0.29) is 0 Å². The Morgan fingerprint density at radius 1 is 1.44 bits per heavy atom. The van der Waals surface area contributed by atoms with E-state index in [0.717, 1.165) is 23.3 Å². The first-order valence-electron chi connectivity index (χ1n) is 5.65. The van der Waals surface area contributed by atoms with Gasteiger partial charge in [0.1, 0.15) is 5.76 Å². The Bertz CT molecular complexity index is 528. The van der Waals surface area contributed by atoms with Crippen LogP contribution < -0.4 is 5.32 Å². The van der Waals surface area contributed by atoms with Gasteiger partial charge in [-0.15, -0.1) is 0 Å². The molecule has 1 N–H and O–H groups in total. The van der Waals surface area contributed by atoms with Gasteiger partial charge in [-0.05, 0) is 31.4 Å². The Morgan fingerprint density at radius 3 is 2.94 bits per heavy atom. The van der Waals surface area contributed by atoms with Gasteiger partial charge in [0.05, 0.1) is 11.6 Å². The maximum Gasteiger partial charge on any atom is 0.153 e. The molecule has 1 heterocycles. The second-order valence-electron chi connectivity index (χ2n) is 4.42. The molecule has 1 aliphatic rings. The summed E-state index contributed by atoms with van der Waals surface area (Å²) in [5.74, 6) is 1.01. The summed E-state index contributed by atoms with van der Waals surface area (Å²) in [5.41, 5.74) is 2.01. The zero-order valence-corrected chi connectivity index (χ0v) is 9.97. The fourth-order valence-electron chi connectivity index (χ4n) is 1.95. The van der Waals surface area contributed by atoms with Gasteiger partial charge in [0.25, 0.3) is 0 Å². The van der Waals surface area contributed by atoms with Crippen LogP contribution >= 0.6 is 11.6 Å². The van der Waals surface area contributed by atoms with E-state index in [1.165, 1.54) is 18.4 Å². The van der Waals surface area contributed by atoms with Crippen molar-refractivity contribution in [1.82, 2.24) is 5.32 Å². The molecule has 2 aromatic rings. The van der Waals surface area contributed by atoms with Crippen molar-refractivity contribution in [3.05, 3.63) is 34.5 Å². The van der Waals surface area contributed by atoms with Crippen LogP contribution in [0.5, 0.6) is 0 Å². The van der Waals surface area contributed by atoms with Gasteiger partial charge in [-0.2, -0.15) is 0 Å². The Morgan fingerprint density at radius 2 is 2.25 bits per heavy atom. The third-order valence-corrected chi connectivity index (χ3v) is 3.44. The maximum absolute atomic E-state index is 6.10. The van der Waals surface area contributed by atoms with Gasteiger partial charge in [0.15, 0.2) is 5.58 Å². The molecule has 3 heteroatoms. The summed E-state index contributed by atoms with van der Waals surface area (Å²) >= 11 is 6.10. The van der Waals surface area contributed by atoms with Crippen molar-refractivity contribution in [3.8, 4) is 0 Å². The SMILES string of the molecule is Cc1c(CNC2CC2)oc2c(Cl)cccc12. The molecule has 1 fully saturated rings. The fourth-order valence-corrected chi connectivity index (χ4v) is 2.16. The highest BCUT2D eigenvalue weighted by atomic mass is 35.5. The molecule has 0 bridgehead atoms. The normalized spacial score (nSPS) is 15.9. The van der Waals surface area contributed by atoms with E-state index in [0.29, 0.717) is 11.1 Å². The summed E-state index contributed by atoms with van der Waals surface area (Å²) < 4.78 is 5.81. The molecule has 0 saturated heterocycles. The second kappa shape index (κ2) is 3.79. The molecule has 0 amide bonds. The van der Waals surface area contributed by atoms with Crippen molar-refractivity contribution in [2.75, 3.05) is 0 Å². The lowest BCUT2D eigenvalue weighted by atomic mass is 10.1. The number of benzene rings is 1. The number of fused-ring (bicyclic) bond motifs is 1. The lowest BCUT2D eigenvalue weighted by molar-refractivity contribution is 0.509. The average molecular weight is 236 g/mol. The minimum absolute atomic E-state index is 0.693. The summed E-state index contributed by atoms with van der Waals surface area (Å²) in [6.07, 6.45) is 2.58. The molecular weight excluding hydrogens is 222 g/mol. The van der Waals surface area contributed by atoms with Gasteiger partial charge in [-0.1, -0.05) is 23.7 Å². The predicted molar refractivity (Wildman–Crippen MR) is 65.8 cm³/mol. The smallest absolute Gasteiger partial charge is 0.153 e. The second-order valence-corrected chi connectivity index (χ2v) is 4.83. The van der Waals surface area contributed by atoms with E-state index in [1.807, 2.05) is 12.1 Å². The molecule has 0 radical (unpaired) electrons.